The Morgan fingerprint density at radius 2 is 1.82 bits per heavy atom. The van der Waals surface area contributed by atoms with E-state index >= 15 is 0 Å². The Morgan fingerprint density at radius 3 is 2.50 bits per heavy atom. The number of nitrogens with two attached hydrogens (primary N) is 1. The molecule has 2 aromatic heterocycles. The Balaban J connectivity index is 1.40. The molecule has 4 rings (SSSR count). The summed E-state index contributed by atoms with van der Waals surface area (Å²) >= 11 is 0. The zero-order valence-electron chi connectivity index (χ0n) is 18.6. The first-order valence-electron chi connectivity index (χ1n) is 11.0. The Hall–Kier alpha value is -4.45. The van der Waals surface area contributed by atoms with Gasteiger partial charge in [0.1, 0.15) is 41.1 Å². The summed E-state index contributed by atoms with van der Waals surface area (Å²) in [6.07, 6.45) is 6.45. The number of likely N-dealkylation sites (tertiary alicyclic amines) is 1. The number of pyridine rings is 1. The minimum Gasteiger partial charge on any atom is -0.457 e. The Morgan fingerprint density at radius 1 is 1.15 bits per heavy atom. The lowest BCUT2D eigenvalue weighted by Gasteiger charge is -2.32. The number of amides is 1. The van der Waals surface area contributed by atoms with Crippen molar-refractivity contribution in [2.24, 2.45) is 5.92 Å². The van der Waals surface area contributed by atoms with Crippen LogP contribution in [0.2, 0.25) is 0 Å². The predicted octanol–water partition coefficient (Wildman–Crippen LogP) is 3.64. The second kappa shape index (κ2) is 10.4. The van der Waals surface area contributed by atoms with Gasteiger partial charge in [-0.1, -0.05) is 18.7 Å². The van der Waals surface area contributed by atoms with Crippen LogP contribution in [-0.4, -0.2) is 45.4 Å². The van der Waals surface area contributed by atoms with E-state index in [0.717, 1.165) is 24.0 Å². The molecule has 172 valence electrons. The van der Waals surface area contributed by atoms with Crippen LogP contribution < -0.4 is 15.8 Å². The van der Waals surface area contributed by atoms with Gasteiger partial charge >= 0.3 is 0 Å². The third kappa shape index (κ3) is 5.30. The SMILES string of the molecule is C=C(C#N)C(=O)N1CCC(CNc2ncnc(N)c2-c2ccc(Oc3ccncc3)cc2)CC1. The number of carbonyl (C=O) groups excluding carboxylic acids is 1. The molecule has 1 aliphatic rings. The average molecular weight is 456 g/mol. The number of piperidine rings is 1. The van der Waals surface area contributed by atoms with Gasteiger partial charge in [-0.25, -0.2) is 9.97 Å². The molecule has 1 amide bonds. The molecule has 3 heterocycles. The summed E-state index contributed by atoms with van der Waals surface area (Å²) in [4.78, 5) is 26.4. The molecule has 3 aromatic rings. The van der Waals surface area contributed by atoms with Crippen LogP contribution in [-0.2, 0) is 4.79 Å². The van der Waals surface area contributed by atoms with Crippen molar-refractivity contribution in [2.75, 3.05) is 30.7 Å². The van der Waals surface area contributed by atoms with Crippen molar-refractivity contribution in [3.63, 3.8) is 0 Å². The zero-order valence-corrected chi connectivity index (χ0v) is 18.6. The number of anilines is 2. The van der Waals surface area contributed by atoms with E-state index in [1.54, 1.807) is 29.4 Å². The maximum Gasteiger partial charge on any atom is 0.263 e. The molecular weight excluding hydrogens is 430 g/mol. The first-order valence-corrected chi connectivity index (χ1v) is 11.0. The second-order valence-corrected chi connectivity index (χ2v) is 8.00. The quantitative estimate of drug-likeness (QED) is 0.408. The minimum absolute atomic E-state index is 0.0186. The summed E-state index contributed by atoms with van der Waals surface area (Å²) in [6, 6.07) is 13.0. The summed E-state index contributed by atoms with van der Waals surface area (Å²) in [5.41, 5.74) is 7.80. The predicted molar refractivity (Wildman–Crippen MR) is 129 cm³/mol. The lowest BCUT2D eigenvalue weighted by molar-refractivity contribution is -0.127. The van der Waals surface area contributed by atoms with Crippen LogP contribution in [0.4, 0.5) is 11.6 Å². The smallest absolute Gasteiger partial charge is 0.263 e. The van der Waals surface area contributed by atoms with E-state index in [0.29, 0.717) is 48.7 Å². The third-order valence-corrected chi connectivity index (χ3v) is 5.76. The molecule has 34 heavy (non-hydrogen) atoms. The van der Waals surface area contributed by atoms with Crippen molar-refractivity contribution >= 4 is 17.5 Å². The van der Waals surface area contributed by atoms with Crippen LogP contribution in [0.5, 0.6) is 11.5 Å². The second-order valence-electron chi connectivity index (χ2n) is 8.00. The van der Waals surface area contributed by atoms with Gasteiger partial charge < -0.3 is 20.7 Å². The standard InChI is InChI=1S/C25H25N7O2/c1-17(14-26)25(33)32-12-8-18(9-13-32)15-29-24-22(23(27)30-16-31-24)19-2-4-20(5-3-19)34-21-6-10-28-11-7-21/h2-7,10-11,16,18H,1,8-9,12-13,15H2,(H3,27,29,30,31). The molecule has 1 fully saturated rings. The van der Waals surface area contributed by atoms with E-state index in [-0.39, 0.29) is 11.5 Å². The van der Waals surface area contributed by atoms with Crippen LogP contribution in [0, 0.1) is 17.2 Å². The van der Waals surface area contributed by atoms with Gasteiger partial charge in [0.15, 0.2) is 0 Å². The maximum absolute atomic E-state index is 12.1. The van der Waals surface area contributed by atoms with Crippen molar-refractivity contribution < 1.29 is 9.53 Å². The number of nitrogens with zero attached hydrogens (tertiary/aromatic N) is 5. The van der Waals surface area contributed by atoms with Crippen LogP contribution in [0.25, 0.3) is 11.1 Å². The highest BCUT2D eigenvalue weighted by molar-refractivity contribution is 5.96. The number of nitrogen functional groups attached to an aromatic ring is 1. The van der Waals surface area contributed by atoms with Crippen molar-refractivity contribution in [1.29, 1.82) is 5.26 Å². The number of rotatable bonds is 7. The van der Waals surface area contributed by atoms with E-state index in [1.807, 2.05) is 30.3 Å². The molecule has 0 aliphatic carbocycles. The van der Waals surface area contributed by atoms with Crippen LogP contribution in [0.15, 0.2) is 67.3 Å². The van der Waals surface area contributed by atoms with Crippen LogP contribution in [0.3, 0.4) is 0 Å². The summed E-state index contributed by atoms with van der Waals surface area (Å²) in [7, 11) is 0. The normalized spacial score (nSPS) is 13.7. The molecule has 9 heteroatoms. The lowest BCUT2D eigenvalue weighted by atomic mass is 9.96. The molecule has 0 saturated carbocycles. The van der Waals surface area contributed by atoms with Gasteiger partial charge in [0.25, 0.3) is 5.91 Å². The van der Waals surface area contributed by atoms with E-state index in [4.69, 9.17) is 15.7 Å². The number of carbonyl (C=O) groups is 1. The van der Waals surface area contributed by atoms with Gasteiger partial charge in [0.05, 0.1) is 5.56 Å². The van der Waals surface area contributed by atoms with Crippen LogP contribution in [0.1, 0.15) is 12.8 Å². The molecule has 0 unspecified atom stereocenters. The third-order valence-electron chi connectivity index (χ3n) is 5.76. The van der Waals surface area contributed by atoms with E-state index < -0.39 is 0 Å². The Kier molecular flexibility index (Phi) is 6.98. The number of nitriles is 1. The summed E-state index contributed by atoms with van der Waals surface area (Å²) in [5, 5.41) is 12.3. The molecule has 0 atom stereocenters. The summed E-state index contributed by atoms with van der Waals surface area (Å²) in [6.45, 7) is 5.41. The fraction of sp³-hybridized carbons (Fsp3) is 0.240. The minimum atomic E-state index is -0.281. The highest BCUT2D eigenvalue weighted by Gasteiger charge is 2.24. The van der Waals surface area contributed by atoms with Gasteiger partial charge in [-0.2, -0.15) is 5.26 Å². The highest BCUT2D eigenvalue weighted by Crippen LogP contribution is 2.33. The molecule has 0 bridgehead atoms. The monoisotopic (exact) mass is 455 g/mol. The van der Waals surface area contributed by atoms with Crippen molar-refractivity contribution in [2.45, 2.75) is 12.8 Å². The Bertz CT molecular complexity index is 1200. The molecule has 1 aromatic carbocycles. The van der Waals surface area contributed by atoms with Crippen LogP contribution >= 0.6 is 0 Å². The fourth-order valence-corrected chi connectivity index (χ4v) is 3.87. The number of nitrogens with one attached hydrogen (secondary N) is 1. The largest absolute Gasteiger partial charge is 0.457 e. The number of aromatic nitrogens is 3. The number of hydrogen-bond acceptors (Lipinski definition) is 8. The molecule has 1 aliphatic heterocycles. The maximum atomic E-state index is 12.1. The van der Waals surface area contributed by atoms with Crippen molar-refractivity contribution in [3.8, 4) is 28.7 Å². The molecule has 3 N–H and O–H groups in total. The van der Waals surface area contributed by atoms with E-state index in [9.17, 15) is 4.79 Å². The number of benzene rings is 1. The number of ether oxygens (including phenoxy) is 1. The number of hydrogen-bond donors (Lipinski definition) is 2. The lowest BCUT2D eigenvalue weighted by Crippen LogP contribution is -2.40. The topological polar surface area (TPSA) is 130 Å². The van der Waals surface area contributed by atoms with E-state index in [1.165, 1.54) is 6.33 Å². The van der Waals surface area contributed by atoms with Crippen molar-refractivity contribution in [1.82, 2.24) is 19.9 Å². The summed E-state index contributed by atoms with van der Waals surface area (Å²) in [5.74, 6) is 2.52. The molecule has 0 spiro atoms. The van der Waals surface area contributed by atoms with Gasteiger partial charge in [-0.05, 0) is 48.6 Å². The molecule has 9 nitrogen and oxygen atoms in total. The first kappa shape index (κ1) is 22.7. The van der Waals surface area contributed by atoms with Gasteiger partial charge in [0, 0.05) is 32.0 Å². The molecular formula is C25H25N7O2. The zero-order chi connectivity index (χ0) is 23.9. The fourth-order valence-electron chi connectivity index (χ4n) is 3.87. The van der Waals surface area contributed by atoms with Gasteiger partial charge in [-0.15, -0.1) is 0 Å². The van der Waals surface area contributed by atoms with Gasteiger partial charge in [0.2, 0.25) is 0 Å². The Labute approximate surface area is 197 Å². The van der Waals surface area contributed by atoms with Gasteiger partial charge in [-0.3, -0.25) is 9.78 Å². The highest BCUT2D eigenvalue weighted by atomic mass is 16.5. The average Bonchev–Trinajstić information content (AvgIpc) is 2.88. The first-order chi connectivity index (χ1) is 16.5. The molecule has 1 saturated heterocycles. The summed E-state index contributed by atoms with van der Waals surface area (Å²) < 4.78 is 5.83. The molecule has 0 radical (unpaired) electrons. The van der Waals surface area contributed by atoms with Crippen molar-refractivity contribution in [3.05, 3.63) is 67.3 Å². The van der Waals surface area contributed by atoms with E-state index in [2.05, 4.69) is 26.8 Å².